The molecule has 10 heteroatoms. The van der Waals surface area contributed by atoms with Gasteiger partial charge in [-0.1, -0.05) is 35.9 Å². The van der Waals surface area contributed by atoms with Gasteiger partial charge in [0.15, 0.2) is 0 Å². The molecule has 0 spiro atoms. The zero-order valence-corrected chi connectivity index (χ0v) is 27.6. The summed E-state index contributed by atoms with van der Waals surface area (Å²) in [6, 6.07) is 23.1. The van der Waals surface area contributed by atoms with Gasteiger partial charge in [-0.15, -0.1) is 11.3 Å². The fraction of sp³-hybridized carbons (Fsp3) is 0.111. The zero-order valence-electron chi connectivity index (χ0n) is 25.2. The van der Waals surface area contributed by atoms with Crippen LogP contribution in [0.1, 0.15) is 42.3 Å². The number of carboxylic acid groups (broad SMARTS) is 1. The number of carbonyl (C=O) groups excluding carboxylic acids is 1. The highest BCUT2D eigenvalue weighted by molar-refractivity contribution is 7.87. The third kappa shape index (κ3) is 5.73. The summed E-state index contributed by atoms with van der Waals surface area (Å²) in [5, 5.41) is 13.4. The van der Waals surface area contributed by atoms with E-state index in [1.54, 1.807) is 25.2 Å². The Balaban J connectivity index is 1.38. The lowest BCUT2D eigenvalue weighted by Gasteiger charge is -2.17. The molecule has 0 unspecified atom stereocenters. The molecule has 46 heavy (non-hydrogen) atoms. The lowest BCUT2D eigenvalue weighted by molar-refractivity contribution is 0.0681. The molecule has 0 fully saturated rings. The summed E-state index contributed by atoms with van der Waals surface area (Å²) in [5.74, 6) is -2.57. The largest absolute Gasteiger partial charge is 0.478 e. The summed E-state index contributed by atoms with van der Waals surface area (Å²) >= 11 is 7.63. The van der Waals surface area contributed by atoms with Crippen molar-refractivity contribution in [3.63, 3.8) is 0 Å². The van der Waals surface area contributed by atoms with Gasteiger partial charge >= 0.3 is 22.1 Å². The van der Waals surface area contributed by atoms with E-state index in [1.807, 2.05) is 24.3 Å². The zero-order chi connectivity index (χ0) is 32.9. The van der Waals surface area contributed by atoms with Crippen LogP contribution in [0.3, 0.4) is 0 Å². The maximum absolute atomic E-state index is 13.6. The van der Waals surface area contributed by atoms with Crippen molar-refractivity contribution in [1.82, 2.24) is 0 Å². The molecule has 0 radical (unpaired) electrons. The molecule has 5 aromatic carbocycles. The van der Waals surface area contributed by atoms with Gasteiger partial charge in [0.1, 0.15) is 22.0 Å². The number of halogens is 1. The minimum Gasteiger partial charge on any atom is -0.478 e. The van der Waals surface area contributed by atoms with Gasteiger partial charge in [0.25, 0.3) is 0 Å². The van der Waals surface area contributed by atoms with Crippen molar-refractivity contribution in [2.75, 3.05) is 0 Å². The van der Waals surface area contributed by atoms with Crippen molar-refractivity contribution in [3.05, 3.63) is 123 Å². The third-order valence-corrected chi connectivity index (χ3v) is 10.5. The van der Waals surface area contributed by atoms with Crippen LogP contribution in [0, 0.1) is 27.7 Å². The molecular formula is C36H27ClO7S2. The molecular weight excluding hydrogens is 644 g/mol. The molecule has 1 aromatic heterocycles. The van der Waals surface area contributed by atoms with Gasteiger partial charge in [-0.2, -0.15) is 8.42 Å². The number of aryl methyl sites for hydroxylation is 4. The third-order valence-electron chi connectivity index (χ3n) is 7.88. The molecule has 0 aliphatic heterocycles. The molecule has 6 rings (SSSR count). The van der Waals surface area contributed by atoms with E-state index in [9.17, 15) is 23.1 Å². The van der Waals surface area contributed by atoms with E-state index in [1.165, 1.54) is 44.8 Å². The van der Waals surface area contributed by atoms with E-state index in [-0.39, 0.29) is 16.2 Å². The lowest BCUT2D eigenvalue weighted by Crippen LogP contribution is -2.15. The number of thiophene rings is 1. The van der Waals surface area contributed by atoms with E-state index in [2.05, 4.69) is 32.0 Å². The molecule has 1 heterocycles. The molecule has 0 atom stereocenters. The number of hydrogen-bond acceptors (Lipinski definition) is 7. The molecule has 0 saturated carbocycles. The summed E-state index contributed by atoms with van der Waals surface area (Å²) < 4.78 is 39.3. The Morgan fingerprint density at radius 1 is 0.848 bits per heavy atom. The van der Waals surface area contributed by atoms with E-state index in [4.69, 9.17) is 20.5 Å². The Bertz CT molecular complexity index is 2300. The van der Waals surface area contributed by atoms with E-state index in [0.717, 1.165) is 40.1 Å². The second-order valence-corrected chi connectivity index (χ2v) is 14.2. The maximum atomic E-state index is 13.6. The molecule has 0 amide bonds. The molecule has 6 aromatic rings. The number of carbonyl (C=O) groups is 2. The van der Waals surface area contributed by atoms with Gasteiger partial charge in [-0.25, -0.2) is 9.59 Å². The number of ether oxygens (including phenoxy) is 1. The Morgan fingerprint density at radius 3 is 2.20 bits per heavy atom. The van der Waals surface area contributed by atoms with Crippen LogP contribution in [-0.2, 0) is 10.1 Å². The van der Waals surface area contributed by atoms with Crippen LogP contribution in [0.4, 0.5) is 0 Å². The molecule has 7 nitrogen and oxygen atoms in total. The van der Waals surface area contributed by atoms with E-state index >= 15 is 0 Å². The number of fused-ring (bicyclic) bond motifs is 2. The molecule has 0 saturated heterocycles. The van der Waals surface area contributed by atoms with E-state index < -0.39 is 33.4 Å². The Labute approximate surface area is 274 Å². The number of hydrogen-bond donors (Lipinski definition) is 1. The van der Waals surface area contributed by atoms with Crippen LogP contribution in [-0.4, -0.2) is 25.5 Å². The number of esters is 1. The smallest absolute Gasteiger partial charge is 0.343 e. The van der Waals surface area contributed by atoms with E-state index in [0.29, 0.717) is 16.1 Å². The standard InChI is InChI=1S/C36H27ClO7S2/c1-19-15-25(33-28-8-6-5-7-24(28)17-31-32(33)21(3)22(4)45-31)16-20(2)34(19)44-46(41,42)27-13-14-29(35(38)39)30(18-27)43-36(40)23-9-11-26(37)12-10-23/h5-18H,1-4H3,(H,38,39). The van der Waals surface area contributed by atoms with Crippen molar-refractivity contribution in [2.45, 2.75) is 32.6 Å². The predicted octanol–water partition coefficient (Wildman–Crippen LogP) is 9.29. The predicted molar refractivity (Wildman–Crippen MR) is 181 cm³/mol. The van der Waals surface area contributed by atoms with Gasteiger partial charge in [0, 0.05) is 26.1 Å². The first-order valence-electron chi connectivity index (χ1n) is 14.2. The summed E-state index contributed by atoms with van der Waals surface area (Å²) in [7, 11) is -4.48. The quantitative estimate of drug-likeness (QED) is 0.102. The van der Waals surface area contributed by atoms with Crippen LogP contribution in [0.15, 0.2) is 89.8 Å². The monoisotopic (exact) mass is 670 g/mol. The average Bonchev–Trinajstić information content (AvgIpc) is 3.29. The molecule has 0 aliphatic rings. The van der Waals surface area contributed by atoms with Gasteiger partial charge in [0.2, 0.25) is 0 Å². The van der Waals surface area contributed by atoms with Crippen molar-refractivity contribution < 1.29 is 32.0 Å². The summed E-state index contributed by atoms with van der Waals surface area (Å²) in [4.78, 5) is 25.5. The van der Waals surface area contributed by atoms with Crippen molar-refractivity contribution in [3.8, 4) is 22.6 Å². The van der Waals surface area contributed by atoms with Gasteiger partial charge < -0.3 is 14.0 Å². The highest BCUT2D eigenvalue weighted by Gasteiger charge is 2.25. The molecule has 0 aliphatic carbocycles. The average molecular weight is 671 g/mol. The van der Waals surface area contributed by atoms with Crippen LogP contribution in [0.25, 0.3) is 32.0 Å². The fourth-order valence-electron chi connectivity index (χ4n) is 5.54. The summed E-state index contributed by atoms with van der Waals surface area (Å²) in [6.07, 6.45) is 0. The highest BCUT2D eigenvalue weighted by Crippen LogP contribution is 2.44. The molecule has 0 bridgehead atoms. The van der Waals surface area contributed by atoms with Crippen molar-refractivity contribution >= 4 is 65.9 Å². The maximum Gasteiger partial charge on any atom is 0.343 e. The Morgan fingerprint density at radius 2 is 1.52 bits per heavy atom. The second kappa shape index (κ2) is 11.9. The topological polar surface area (TPSA) is 107 Å². The molecule has 232 valence electrons. The van der Waals surface area contributed by atoms with Crippen molar-refractivity contribution in [2.24, 2.45) is 0 Å². The van der Waals surface area contributed by atoms with Gasteiger partial charge in [0.05, 0.1) is 5.56 Å². The minimum atomic E-state index is -4.48. The lowest BCUT2D eigenvalue weighted by atomic mass is 9.91. The van der Waals surface area contributed by atoms with Gasteiger partial charge in [-0.3, -0.25) is 0 Å². The van der Waals surface area contributed by atoms with Crippen LogP contribution in [0.2, 0.25) is 5.02 Å². The fourth-order valence-corrected chi connectivity index (χ4v) is 7.86. The highest BCUT2D eigenvalue weighted by atomic mass is 35.5. The summed E-state index contributed by atoms with van der Waals surface area (Å²) in [6.45, 7) is 7.79. The number of aromatic carboxylic acids is 1. The van der Waals surface area contributed by atoms with Crippen LogP contribution in [0.5, 0.6) is 11.5 Å². The first-order chi connectivity index (χ1) is 21.8. The first kappa shape index (κ1) is 31.3. The molecule has 1 N–H and O–H groups in total. The minimum absolute atomic E-state index is 0.105. The second-order valence-electron chi connectivity index (χ2n) is 11.0. The van der Waals surface area contributed by atoms with Crippen LogP contribution >= 0.6 is 22.9 Å². The number of rotatable bonds is 7. The Kier molecular flexibility index (Phi) is 8.10. The van der Waals surface area contributed by atoms with Crippen molar-refractivity contribution in [1.29, 1.82) is 0 Å². The summed E-state index contributed by atoms with van der Waals surface area (Å²) in [5.41, 5.74) is 4.13. The Hall–Kier alpha value is -4.70. The normalized spacial score (nSPS) is 11.6. The number of carboxylic acids is 1. The number of benzene rings is 5. The van der Waals surface area contributed by atoms with Gasteiger partial charge in [-0.05, 0) is 121 Å². The first-order valence-corrected chi connectivity index (χ1v) is 16.8. The van der Waals surface area contributed by atoms with Crippen LogP contribution < -0.4 is 8.92 Å². The SMILES string of the molecule is Cc1cc(-c2c3ccccc3cc3sc(C)c(C)c23)cc(C)c1OS(=O)(=O)c1ccc(C(=O)O)c(OC(=O)c2ccc(Cl)cc2)c1.